The van der Waals surface area contributed by atoms with Crippen LogP contribution in [0.15, 0.2) is 24.3 Å². The van der Waals surface area contributed by atoms with E-state index in [1.54, 1.807) is 11.3 Å². The van der Waals surface area contributed by atoms with Gasteiger partial charge in [0.15, 0.2) is 0 Å². The van der Waals surface area contributed by atoms with Crippen LogP contribution in [0.1, 0.15) is 11.5 Å². The van der Waals surface area contributed by atoms with Crippen LogP contribution < -0.4 is 11.5 Å². The van der Waals surface area contributed by atoms with E-state index in [0.29, 0.717) is 11.6 Å². The molecule has 2 heterocycles. The number of aromatic nitrogens is 3. The third-order valence-electron chi connectivity index (χ3n) is 2.85. The van der Waals surface area contributed by atoms with E-state index < -0.39 is 0 Å². The molecule has 0 aliphatic carbocycles. The lowest BCUT2D eigenvalue weighted by atomic mass is 10.2. The predicted octanol–water partition coefficient (Wildman–Crippen LogP) is 2.10. The molecule has 1 aromatic carbocycles. The molecular weight excluding hydrogens is 258 g/mol. The highest BCUT2D eigenvalue weighted by atomic mass is 32.1. The second-order valence-corrected chi connectivity index (χ2v) is 5.21. The van der Waals surface area contributed by atoms with Crippen LogP contribution in [0.25, 0.3) is 20.8 Å². The van der Waals surface area contributed by atoms with E-state index >= 15 is 0 Å². The first-order valence-electron chi connectivity index (χ1n) is 5.88. The Morgan fingerprint density at radius 3 is 2.63 bits per heavy atom. The largest absolute Gasteiger partial charge is 0.383 e. The Bertz CT molecular complexity index is 694. The maximum absolute atomic E-state index is 6.01. The van der Waals surface area contributed by atoms with Crippen LogP contribution in [-0.2, 0) is 6.54 Å². The lowest BCUT2D eigenvalue weighted by Crippen LogP contribution is -2.08. The molecule has 2 aromatic heterocycles. The van der Waals surface area contributed by atoms with Crippen molar-refractivity contribution in [1.82, 2.24) is 15.0 Å². The highest BCUT2D eigenvalue weighted by molar-refractivity contribution is 7.21. The van der Waals surface area contributed by atoms with Gasteiger partial charge in [0, 0.05) is 0 Å². The van der Waals surface area contributed by atoms with Crippen molar-refractivity contribution in [2.24, 2.45) is 5.73 Å². The molecule has 0 aliphatic rings. The second-order valence-electron chi connectivity index (χ2n) is 4.18. The Labute approximate surface area is 114 Å². The SMILES string of the molecule is Cc1nc(CN)nc(N)c1-c1nc2ccccc2s1. The topological polar surface area (TPSA) is 90.7 Å². The number of benzene rings is 1. The van der Waals surface area contributed by atoms with Gasteiger partial charge in [0.05, 0.1) is 28.0 Å². The fraction of sp³-hybridized carbons (Fsp3) is 0.154. The molecule has 19 heavy (non-hydrogen) atoms. The van der Waals surface area contributed by atoms with Gasteiger partial charge in [-0.15, -0.1) is 11.3 Å². The molecule has 0 radical (unpaired) electrons. The van der Waals surface area contributed by atoms with Gasteiger partial charge < -0.3 is 11.5 Å². The number of hydrogen-bond acceptors (Lipinski definition) is 6. The standard InChI is InChI=1S/C13H13N5S/c1-7-11(12(15)18-10(6-14)16-7)13-17-8-4-2-3-5-9(8)19-13/h2-5H,6,14H2,1H3,(H2,15,16,18). The molecule has 0 bridgehead atoms. The van der Waals surface area contributed by atoms with E-state index in [1.807, 2.05) is 31.2 Å². The monoisotopic (exact) mass is 271 g/mol. The first-order chi connectivity index (χ1) is 9.19. The molecule has 0 spiro atoms. The molecular formula is C13H13N5S. The van der Waals surface area contributed by atoms with Gasteiger partial charge in [0.2, 0.25) is 0 Å². The number of anilines is 1. The molecule has 0 saturated heterocycles. The minimum absolute atomic E-state index is 0.283. The lowest BCUT2D eigenvalue weighted by molar-refractivity contribution is 0.898. The van der Waals surface area contributed by atoms with E-state index in [-0.39, 0.29) is 6.54 Å². The zero-order valence-electron chi connectivity index (χ0n) is 10.4. The average molecular weight is 271 g/mol. The molecule has 0 aliphatic heterocycles. The summed E-state index contributed by atoms with van der Waals surface area (Å²) in [6.07, 6.45) is 0. The van der Waals surface area contributed by atoms with Crippen LogP contribution in [0.4, 0.5) is 5.82 Å². The number of para-hydroxylation sites is 1. The fourth-order valence-electron chi connectivity index (χ4n) is 1.99. The van der Waals surface area contributed by atoms with Gasteiger partial charge >= 0.3 is 0 Å². The number of nitrogens with two attached hydrogens (primary N) is 2. The Hall–Kier alpha value is -2.05. The van der Waals surface area contributed by atoms with Crippen molar-refractivity contribution in [3.05, 3.63) is 35.8 Å². The minimum Gasteiger partial charge on any atom is -0.383 e. The molecule has 0 saturated carbocycles. The van der Waals surface area contributed by atoms with E-state index in [0.717, 1.165) is 26.5 Å². The summed E-state index contributed by atoms with van der Waals surface area (Å²) in [5, 5.41) is 0.847. The summed E-state index contributed by atoms with van der Waals surface area (Å²) in [4.78, 5) is 13.1. The van der Waals surface area contributed by atoms with Gasteiger partial charge in [0.25, 0.3) is 0 Å². The molecule has 6 heteroatoms. The zero-order chi connectivity index (χ0) is 13.4. The van der Waals surface area contributed by atoms with Gasteiger partial charge in [0.1, 0.15) is 16.6 Å². The lowest BCUT2D eigenvalue weighted by Gasteiger charge is -2.06. The highest BCUT2D eigenvalue weighted by Gasteiger charge is 2.15. The summed E-state index contributed by atoms with van der Waals surface area (Å²) >= 11 is 1.59. The van der Waals surface area contributed by atoms with Crippen LogP contribution in [0.3, 0.4) is 0 Å². The van der Waals surface area contributed by atoms with Crippen molar-refractivity contribution in [1.29, 1.82) is 0 Å². The second kappa shape index (κ2) is 4.56. The number of aryl methyl sites for hydroxylation is 1. The number of thiazole rings is 1. The van der Waals surface area contributed by atoms with E-state index in [2.05, 4.69) is 15.0 Å². The Morgan fingerprint density at radius 1 is 1.16 bits per heavy atom. The number of nitrogen functional groups attached to an aromatic ring is 1. The minimum atomic E-state index is 0.283. The third-order valence-corrected chi connectivity index (χ3v) is 3.91. The molecule has 5 nitrogen and oxygen atoms in total. The van der Waals surface area contributed by atoms with Gasteiger partial charge in [-0.3, -0.25) is 0 Å². The maximum Gasteiger partial charge on any atom is 0.144 e. The zero-order valence-corrected chi connectivity index (χ0v) is 11.2. The van der Waals surface area contributed by atoms with Crippen molar-refractivity contribution >= 4 is 27.4 Å². The van der Waals surface area contributed by atoms with Crippen LogP contribution >= 0.6 is 11.3 Å². The number of nitrogens with zero attached hydrogens (tertiary/aromatic N) is 3. The van der Waals surface area contributed by atoms with Crippen molar-refractivity contribution in [3.8, 4) is 10.6 Å². The molecule has 0 amide bonds. The summed E-state index contributed by atoms with van der Waals surface area (Å²) in [5.74, 6) is 0.992. The Morgan fingerprint density at radius 2 is 1.95 bits per heavy atom. The summed E-state index contributed by atoms with van der Waals surface area (Å²) in [5.41, 5.74) is 14.1. The normalized spacial score (nSPS) is 11.1. The van der Waals surface area contributed by atoms with Gasteiger partial charge in [-0.05, 0) is 19.1 Å². The molecule has 3 aromatic rings. The van der Waals surface area contributed by atoms with Gasteiger partial charge in [-0.1, -0.05) is 12.1 Å². The van der Waals surface area contributed by atoms with E-state index in [1.165, 1.54) is 0 Å². The number of fused-ring (bicyclic) bond motifs is 1. The summed E-state index contributed by atoms with van der Waals surface area (Å²) in [6, 6.07) is 7.98. The van der Waals surface area contributed by atoms with Gasteiger partial charge in [-0.2, -0.15) is 0 Å². The molecule has 4 N–H and O–H groups in total. The summed E-state index contributed by atoms with van der Waals surface area (Å²) in [6.45, 7) is 2.18. The van der Waals surface area contributed by atoms with Crippen molar-refractivity contribution in [2.45, 2.75) is 13.5 Å². The summed E-state index contributed by atoms with van der Waals surface area (Å²) in [7, 11) is 0. The smallest absolute Gasteiger partial charge is 0.144 e. The van der Waals surface area contributed by atoms with Crippen LogP contribution in [0.2, 0.25) is 0 Å². The number of rotatable bonds is 2. The first kappa shape index (κ1) is 12.0. The fourth-order valence-corrected chi connectivity index (χ4v) is 3.06. The molecule has 3 rings (SSSR count). The van der Waals surface area contributed by atoms with Gasteiger partial charge in [-0.25, -0.2) is 15.0 Å². The molecule has 0 fully saturated rings. The molecule has 0 unspecified atom stereocenters. The third kappa shape index (κ3) is 2.05. The van der Waals surface area contributed by atoms with Crippen LogP contribution in [0.5, 0.6) is 0 Å². The number of hydrogen-bond donors (Lipinski definition) is 2. The Balaban J connectivity index is 2.21. The summed E-state index contributed by atoms with van der Waals surface area (Å²) < 4.78 is 1.12. The van der Waals surface area contributed by atoms with Crippen LogP contribution in [-0.4, -0.2) is 15.0 Å². The van der Waals surface area contributed by atoms with Crippen molar-refractivity contribution < 1.29 is 0 Å². The first-order valence-corrected chi connectivity index (χ1v) is 6.69. The maximum atomic E-state index is 6.01. The average Bonchev–Trinajstić information content (AvgIpc) is 2.80. The predicted molar refractivity (Wildman–Crippen MR) is 77.7 cm³/mol. The highest BCUT2D eigenvalue weighted by Crippen LogP contribution is 2.34. The Kier molecular flexibility index (Phi) is 2.88. The quantitative estimate of drug-likeness (QED) is 0.745. The van der Waals surface area contributed by atoms with Crippen LogP contribution in [0, 0.1) is 6.92 Å². The van der Waals surface area contributed by atoms with Crippen molar-refractivity contribution in [3.63, 3.8) is 0 Å². The molecule has 96 valence electrons. The molecule has 0 atom stereocenters. The van der Waals surface area contributed by atoms with E-state index in [4.69, 9.17) is 11.5 Å². The van der Waals surface area contributed by atoms with E-state index in [9.17, 15) is 0 Å². The van der Waals surface area contributed by atoms with Crippen molar-refractivity contribution in [2.75, 3.05) is 5.73 Å².